The number of hydrogen-bond donors (Lipinski definition) is 2. The van der Waals surface area contributed by atoms with Gasteiger partial charge in [-0.25, -0.2) is 9.97 Å². The first-order valence-electron chi connectivity index (χ1n) is 10.6. The van der Waals surface area contributed by atoms with Crippen molar-refractivity contribution in [3.05, 3.63) is 78.4 Å². The number of ether oxygens (including phenoxy) is 1. The average molecular weight is 518 g/mol. The average Bonchev–Trinajstić information content (AvgIpc) is 3.45. The number of fused-ring (bicyclic) bond motifs is 1. The smallest absolute Gasteiger partial charge is 0.449 e. The Morgan fingerprint density at radius 1 is 0.865 bits per heavy atom. The lowest BCUT2D eigenvalue weighted by atomic mass is 10.2. The third kappa shape index (κ3) is 5.06. The summed E-state index contributed by atoms with van der Waals surface area (Å²) in [6.07, 6.45) is -6.59. The molecule has 5 aromatic rings. The number of rotatable bonds is 5. The van der Waals surface area contributed by atoms with Crippen molar-refractivity contribution in [2.75, 3.05) is 5.32 Å². The highest BCUT2D eigenvalue weighted by atomic mass is 19.4. The van der Waals surface area contributed by atoms with Crippen molar-refractivity contribution < 1.29 is 31.1 Å². The number of aromatic nitrogens is 5. The van der Waals surface area contributed by atoms with Crippen molar-refractivity contribution in [3.63, 3.8) is 0 Å². The molecule has 0 aliphatic rings. The maximum atomic E-state index is 12.8. The molecule has 2 N–H and O–H groups in total. The normalized spacial score (nSPS) is 12.2. The van der Waals surface area contributed by atoms with Gasteiger partial charge in [-0.15, -0.1) is 0 Å². The number of halogens is 6. The second kappa shape index (κ2) is 8.84. The van der Waals surface area contributed by atoms with Crippen LogP contribution in [0.4, 0.5) is 38.0 Å². The van der Waals surface area contributed by atoms with Gasteiger partial charge in [0.05, 0.1) is 34.2 Å². The summed E-state index contributed by atoms with van der Waals surface area (Å²) in [4.78, 5) is 14.1. The number of alkyl halides is 6. The number of imidazole rings is 2. The van der Waals surface area contributed by atoms with Crippen LogP contribution in [0.1, 0.15) is 11.4 Å². The minimum atomic E-state index is -4.61. The molecule has 0 fully saturated rings. The van der Waals surface area contributed by atoms with Gasteiger partial charge in [-0.2, -0.15) is 26.3 Å². The lowest BCUT2D eigenvalue weighted by Crippen LogP contribution is -2.07. The number of hydrogen-bond acceptors (Lipinski definition) is 5. The molecule has 190 valence electrons. The fourth-order valence-corrected chi connectivity index (χ4v) is 3.57. The van der Waals surface area contributed by atoms with Gasteiger partial charge in [-0.05, 0) is 42.5 Å². The molecule has 3 heterocycles. The van der Waals surface area contributed by atoms with Gasteiger partial charge in [0.1, 0.15) is 11.5 Å². The molecule has 0 unspecified atom stereocenters. The monoisotopic (exact) mass is 518 g/mol. The van der Waals surface area contributed by atoms with Crippen LogP contribution in [0.25, 0.3) is 22.4 Å². The summed E-state index contributed by atoms with van der Waals surface area (Å²) < 4.78 is 84.5. The maximum absolute atomic E-state index is 12.8. The molecule has 0 aliphatic carbocycles. The van der Waals surface area contributed by atoms with Crippen LogP contribution in [0, 0.1) is 0 Å². The summed E-state index contributed by atoms with van der Waals surface area (Å²) in [5.41, 5.74) is 1.25. The van der Waals surface area contributed by atoms with Crippen LogP contribution in [0.5, 0.6) is 11.5 Å². The van der Waals surface area contributed by atoms with Gasteiger partial charge >= 0.3 is 12.4 Å². The molecule has 0 radical (unpaired) electrons. The first-order chi connectivity index (χ1) is 17.5. The molecular formula is C24H16F6N6O. The lowest BCUT2D eigenvalue weighted by Gasteiger charge is -2.09. The molecule has 37 heavy (non-hydrogen) atoms. The summed E-state index contributed by atoms with van der Waals surface area (Å²) in [6.45, 7) is 0. The second-order valence-electron chi connectivity index (χ2n) is 7.97. The minimum Gasteiger partial charge on any atom is -0.457 e. The Bertz CT molecular complexity index is 1570. The first kappa shape index (κ1) is 24.2. The van der Waals surface area contributed by atoms with Gasteiger partial charge in [0, 0.05) is 31.1 Å². The topological polar surface area (TPSA) is 80.7 Å². The van der Waals surface area contributed by atoms with Crippen LogP contribution < -0.4 is 10.1 Å². The fraction of sp³-hybridized carbons (Fsp3) is 0.125. The highest BCUT2D eigenvalue weighted by Gasteiger charge is 2.34. The molecule has 13 heteroatoms. The van der Waals surface area contributed by atoms with Crippen LogP contribution >= 0.6 is 0 Å². The minimum absolute atomic E-state index is 0.0823. The Balaban J connectivity index is 1.36. The van der Waals surface area contributed by atoms with Crippen molar-refractivity contribution in [2.45, 2.75) is 12.4 Å². The van der Waals surface area contributed by atoms with E-state index in [1.165, 1.54) is 24.4 Å². The Morgan fingerprint density at radius 3 is 2.27 bits per heavy atom. The zero-order chi connectivity index (χ0) is 26.4. The van der Waals surface area contributed by atoms with E-state index in [0.29, 0.717) is 34.2 Å². The van der Waals surface area contributed by atoms with Gasteiger partial charge < -0.3 is 19.6 Å². The van der Waals surface area contributed by atoms with E-state index in [2.05, 4.69) is 25.3 Å². The Labute approximate surface area is 204 Å². The van der Waals surface area contributed by atoms with E-state index in [0.717, 1.165) is 18.3 Å². The molecule has 7 nitrogen and oxygen atoms in total. The van der Waals surface area contributed by atoms with Crippen molar-refractivity contribution in [1.29, 1.82) is 0 Å². The molecule has 0 aliphatic heterocycles. The van der Waals surface area contributed by atoms with E-state index in [1.807, 2.05) is 0 Å². The number of nitrogens with zero attached hydrogens (tertiary/aromatic N) is 4. The van der Waals surface area contributed by atoms with E-state index in [-0.39, 0.29) is 11.4 Å². The standard InChI is InChI=1S/C24H16F6N6O/c1-36-20-11-15(37-16-8-9-31-18(10-16)19-12-32-21(34-19)24(28,29)30)6-7-17(20)35-22(36)33-14-4-2-13(3-5-14)23(25,26)27/h2-12H,1H3,(H,32,34)(H,33,35). The SMILES string of the molecule is Cn1c(Nc2ccc(C(F)(F)F)cc2)nc2ccc(Oc3ccnc(-c4cnc(C(F)(F)F)[nH]4)c3)cc21. The Morgan fingerprint density at radius 2 is 1.59 bits per heavy atom. The van der Waals surface area contributed by atoms with Crippen LogP contribution in [0.2, 0.25) is 0 Å². The molecule has 0 amide bonds. The third-order valence-electron chi connectivity index (χ3n) is 5.41. The van der Waals surface area contributed by atoms with Gasteiger partial charge in [0.25, 0.3) is 0 Å². The van der Waals surface area contributed by atoms with Crippen LogP contribution in [-0.4, -0.2) is 24.5 Å². The van der Waals surface area contributed by atoms with Crippen molar-refractivity contribution in [3.8, 4) is 22.9 Å². The van der Waals surface area contributed by atoms with E-state index in [4.69, 9.17) is 4.74 Å². The molecule has 2 aromatic carbocycles. The molecule has 0 spiro atoms. The zero-order valence-electron chi connectivity index (χ0n) is 18.8. The fourth-order valence-electron chi connectivity index (χ4n) is 3.57. The summed E-state index contributed by atoms with van der Waals surface area (Å²) in [6, 6.07) is 12.7. The molecule has 0 bridgehead atoms. The number of H-pyrrole nitrogens is 1. The summed E-state index contributed by atoms with van der Waals surface area (Å²) >= 11 is 0. The lowest BCUT2D eigenvalue weighted by molar-refractivity contribution is -0.144. The highest BCUT2D eigenvalue weighted by molar-refractivity contribution is 5.81. The molecule has 5 rings (SSSR count). The van der Waals surface area contributed by atoms with Gasteiger partial charge in [0.15, 0.2) is 0 Å². The largest absolute Gasteiger partial charge is 0.457 e. The van der Waals surface area contributed by atoms with Crippen molar-refractivity contribution in [2.24, 2.45) is 7.05 Å². The predicted octanol–water partition coefficient (Wildman–Crippen LogP) is 6.93. The number of aryl methyl sites for hydroxylation is 1. The summed E-state index contributed by atoms with van der Waals surface area (Å²) in [7, 11) is 1.73. The third-order valence-corrected chi connectivity index (χ3v) is 5.41. The summed E-state index contributed by atoms with van der Waals surface area (Å²) in [5.74, 6) is 0.0305. The zero-order valence-corrected chi connectivity index (χ0v) is 18.8. The number of pyridine rings is 1. The van der Waals surface area contributed by atoms with E-state index < -0.39 is 23.7 Å². The second-order valence-corrected chi connectivity index (χ2v) is 7.97. The van der Waals surface area contributed by atoms with Crippen LogP contribution in [0.15, 0.2) is 67.0 Å². The number of benzene rings is 2. The Kier molecular flexibility index (Phi) is 5.77. The quantitative estimate of drug-likeness (QED) is 0.247. The number of aromatic amines is 1. The molecule has 0 atom stereocenters. The Hall–Kier alpha value is -4.55. The highest BCUT2D eigenvalue weighted by Crippen LogP contribution is 2.33. The van der Waals surface area contributed by atoms with Crippen LogP contribution in [0.3, 0.4) is 0 Å². The molecule has 3 aromatic heterocycles. The van der Waals surface area contributed by atoms with Crippen molar-refractivity contribution >= 4 is 22.7 Å². The summed E-state index contributed by atoms with van der Waals surface area (Å²) in [5, 5.41) is 2.99. The van der Waals surface area contributed by atoms with Gasteiger partial charge in [0.2, 0.25) is 11.8 Å². The maximum Gasteiger partial charge on any atom is 0.449 e. The van der Waals surface area contributed by atoms with E-state index in [1.54, 1.807) is 35.9 Å². The van der Waals surface area contributed by atoms with E-state index in [9.17, 15) is 26.3 Å². The van der Waals surface area contributed by atoms with E-state index >= 15 is 0 Å². The molecule has 0 saturated heterocycles. The van der Waals surface area contributed by atoms with Crippen LogP contribution in [-0.2, 0) is 19.4 Å². The number of anilines is 2. The van der Waals surface area contributed by atoms with Gasteiger partial charge in [-0.1, -0.05) is 0 Å². The molecule has 0 saturated carbocycles. The predicted molar refractivity (Wildman–Crippen MR) is 122 cm³/mol. The first-order valence-corrected chi connectivity index (χ1v) is 10.6. The number of nitrogens with one attached hydrogen (secondary N) is 2. The van der Waals surface area contributed by atoms with Gasteiger partial charge in [-0.3, -0.25) is 4.98 Å². The van der Waals surface area contributed by atoms with Crippen molar-refractivity contribution in [1.82, 2.24) is 24.5 Å². The molecular weight excluding hydrogens is 502 g/mol.